The Balaban J connectivity index is 1.53. The number of aromatic nitrogens is 3. The number of carbonyl (C=O) groups is 1. The molecule has 0 amide bonds. The minimum absolute atomic E-state index is 0.482. The summed E-state index contributed by atoms with van der Waals surface area (Å²) in [5, 5.41) is 9.39. The van der Waals surface area contributed by atoms with E-state index in [1.807, 2.05) is 48.0 Å². The van der Waals surface area contributed by atoms with Gasteiger partial charge in [0.2, 0.25) is 0 Å². The molecule has 3 rings (SSSR count). The third-order valence-corrected chi connectivity index (χ3v) is 5.05. The number of rotatable bonds is 9. The van der Waals surface area contributed by atoms with Gasteiger partial charge in [0, 0.05) is 19.2 Å². The van der Waals surface area contributed by atoms with Crippen LogP contribution in [0.2, 0.25) is 0 Å². The van der Waals surface area contributed by atoms with Crippen LogP contribution in [0.15, 0.2) is 53.7 Å². The highest BCUT2D eigenvalue weighted by Gasteiger charge is 2.10. The lowest BCUT2D eigenvalue weighted by molar-refractivity contribution is 0.112. The molecule has 0 saturated heterocycles. The number of para-hydroxylation sites is 1. The molecule has 2 aromatic carbocycles. The monoisotopic (exact) mass is 383 g/mol. The van der Waals surface area contributed by atoms with Crippen LogP contribution in [-0.4, -0.2) is 40.5 Å². The highest BCUT2D eigenvalue weighted by atomic mass is 32.2. The van der Waals surface area contributed by atoms with Crippen molar-refractivity contribution in [3.05, 3.63) is 65.5 Å². The van der Waals surface area contributed by atoms with Gasteiger partial charge >= 0.3 is 0 Å². The maximum Gasteiger partial charge on any atom is 0.191 e. The molecular weight excluding hydrogens is 362 g/mol. The fourth-order valence-electron chi connectivity index (χ4n) is 2.54. The van der Waals surface area contributed by atoms with Gasteiger partial charge in [-0.2, -0.15) is 0 Å². The fraction of sp³-hybridized carbons (Fsp3) is 0.250. The molecule has 3 aromatic rings. The molecule has 0 aliphatic heterocycles. The van der Waals surface area contributed by atoms with Gasteiger partial charge in [-0.25, -0.2) is 0 Å². The van der Waals surface area contributed by atoms with E-state index in [2.05, 4.69) is 10.2 Å². The summed E-state index contributed by atoms with van der Waals surface area (Å²) in [6.07, 6.45) is 1.51. The number of carbonyl (C=O) groups excluding carboxylic acids is 1. The minimum atomic E-state index is 0.482. The Morgan fingerprint density at radius 1 is 1.11 bits per heavy atom. The smallest absolute Gasteiger partial charge is 0.191 e. The van der Waals surface area contributed by atoms with Crippen molar-refractivity contribution in [1.82, 2.24) is 14.8 Å². The summed E-state index contributed by atoms with van der Waals surface area (Å²) in [6, 6.07) is 15.1. The summed E-state index contributed by atoms with van der Waals surface area (Å²) >= 11 is 1.57. The molecule has 140 valence electrons. The first-order valence-corrected chi connectivity index (χ1v) is 9.51. The Hall–Kier alpha value is -2.80. The molecule has 0 aliphatic carbocycles. The Morgan fingerprint density at radius 3 is 2.63 bits per heavy atom. The van der Waals surface area contributed by atoms with E-state index in [-0.39, 0.29) is 0 Å². The van der Waals surface area contributed by atoms with Crippen molar-refractivity contribution in [3.63, 3.8) is 0 Å². The number of aldehydes is 1. The van der Waals surface area contributed by atoms with Gasteiger partial charge in [-0.05, 0) is 29.8 Å². The third-order valence-electron chi connectivity index (χ3n) is 4.06. The number of benzene rings is 2. The van der Waals surface area contributed by atoms with Gasteiger partial charge in [-0.15, -0.1) is 10.2 Å². The molecule has 0 spiro atoms. The van der Waals surface area contributed by atoms with Crippen molar-refractivity contribution in [3.8, 4) is 11.5 Å². The Morgan fingerprint density at radius 2 is 1.89 bits per heavy atom. The van der Waals surface area contributed by atoms with E-state index in [9.17, 15) is 4.79 Å². The second kappa shape index (κ2) is 9.23. The van der Waals surface area contributed by atoms with Gasteiger partial charge in [0.1, 0.15) is 17.3 Å². The Bertz CT molecular complexity index is 894. The van der Waals surface area contributed by atoms with Crippen molar-refractivity contribution in [2.24, 2.45) is 7.05 Å². The molecule has 1 heterocycles. The largest absolute Gasteiger partial charge is 0.497 e. The van der Waals surface area contributed by atoms with Crippen molar-refractivity contribution in [2.45, 2.75) is 11.6 Å². The topological polar surface area (TPSA) is 66.2 Å². The number of thioether (sulfide) groups is 1. The molecule has 0 unspecified atom stereocenters. The fourth-order valence-corrected chi connectivity index (χ4v) is 3.29. The van der Waals surface area contributed by atoms with Gasteiger partial charge in [0.25, 0.3) is 0 Å². The molecule has 7 heteroatoms. The van der Waals surface area contributed by atoms with E-state index in [0.29, 0.717) is 30.1 Å². The van der Waals surface area contributed by atoms with Gasteiger partial charge in [-0.3, -0.25) is 4.79 Å². The first-order chi connectivity index (χ1) is 13.2. The summed E-state index contributed by atoms with van der Waals surface area (Å²) in [4.78, 5) is 11.0. The van der Waals surface area contributed by atoms with E-state index >= 15 is 0 Å². The van der Waals surface area contributed by atoms with Crippen LogP contribution in [0.1, 0.15) is 21.7 Å². The highest BCUT2D eigenvalue weighted by Crippen LogP contribution is 2.20. The molecule has 1 aromatic heterocycles. The maximum absolute atomic E-state index is 11.0. The van der Waals surface area contributed by atoms with Gasteiger partial charge in [0.05, 0.1) is 19.3 Å². The number of nitrogens with zero attached hydrogens (tertiary/aromatic N) is 3. The van der Waals surface area contributed by atoms with Crippen LogP contribution in [-0.2, 0) is 13.5 Å². The Labute approximate surface area is 162 Å². The van der Waals surface area contributed by atoms with Crippen LogP contribution >= 0.6 is 11.8 Å². The summed E-state index contributed by atoms with van der Waals surface area (Å²) in [6.45, 7) is 0.482. The summed E-state index contributed by atoms with van der Waals surface area (Å²) in [5.74, 6) is 3.05. The van der Waals surface area contributed by atoms with Gasteiger partial charge in [0.15, 0.2) is 11.4 Å². The van der Waals surface area contributed by atoms with Crippen LogP contribution < -0.4 is 9.47 Å². The third kappa shape index (κ3) is 4.89. The highest BCUT2D eigenvalue weighted by molar-refractivity contribution is 7.99. The van der Waals surface area contributed by atoms with Crippen LogP contribution in [0.3, 0.4) is 0 Å². The standard InChI is InChI=1S/C20H21N3O3S/c1-23-19(13-15-7-9-17(25-2)10-8-15)21-22-20(23)27-12-11-26-18-6-4-3-5-16(18)14-24/h3-10,14H,11-13H2,1-2H3. The molecular formula is C20H21N3O3S. The van der Waals surface area contributed by atoms with Crippen molar-refractivity contribution < 1.29 is 14.3 Å². The zero-order chi connectivity index (χ0) is 19.1. The Kier molecular flexibility index (Phi) is 6.49. The number of methoxy groups -OCH3 is 1. The van der Waals surface area contributed by atoms with Crippen LogP contribution in [0.25, 0.3) is 0 Å². The van der Waals surface area contributed by atoms with E-state index in [0.717, 1.165) is 28.6 Å². The SMILES string of the molecule is COc1ccc(Cc2nnc(SCCOc3ccccc3C=O)n2C)cc1. The molecule has 27 heavy (non-hydrogen) atoms. The predicted octanol–water partition coefficient (Wildman–Crippen LogP) is 3.40. The minimum Gasteiger partial charge on any atom is -0.497 e. The average molecular weight is 383 g/mol. The van der Waals surface area contributed by atoms with Gasteiger partial charge in [-0.1, -0.05) is 36.0 Å². The van der Waals surface area contributed by atoms with Crippen LogP contribution in [0, 0.1) is 0 Å². The van der Waals surface area contributed by atoms with E-state index in [1.54, 1.807) is 31.0 Å². The molecule has 0 saturated carbocycles. The number of hydrogen-bond donors (Lipinski definition) is 0. The molecule has 0 fully saturated rings. The maximum atomic E-state index is 11.0. The first-order valence-electron chi connectivity index (χ1n) is 8.52. The molecule has 0 N–H and O–H groups in total. The first kappa shape index (κ1) is 19.0. The van der Waals surface area contributed by atoms with Gasteiger partial charge < -0.3 is 14.0 Å². The molecule has 0 atom stereocenters. The van der Waals surface area contributed by atoms with Crippen molar-refractivity contribution in [1.29, 1.82) is 0 Å². The number of hydrogen-bond acceptors (Lipinski definition) is 6. The lowest BCUT2D eigenvalue weighted by Crippen LogP contribution is -2.04. The molecule has 0 radical (unpaired) electrons. The lowest BCUT2D eigenvalue weighted by atomic mass is 10.1. The van der Waals surface area contributed by atoms with E-state index in [1.165, 1.54) is 0 Å². The van der Waals surface area contributed by atoms with E-state index in [4.69, 9.17) is 9.47 Å². The summed E-state index contributed by atoms with van der Waals surface area (Å²) in [5.41, 5.74) is 1.71. The van der Waals surface area contributed by atoms with Crippen LogP contribution in [0.4, 0.5) is 0 Å². The summed E-state index contributed by atoms with van der Waals surface area (Å²) < 4.78 is 12.9. The zero-order valence-corrected chi connectivity index (χ0v) is 16.1. The van der Waals surface area contributed by atoms with Crippen molar-refractivity contribution in [2.75, 3.05) is 19.5 Å². The summed E-state index contributed by atoms with van der Waals surface area (Å²) in [7, 11) is 3.62. The number of ether oxygens (including phenoxy) is 2. The predicted molar refractivity (Wildman–Crippen MR) is 105 cm³/mol. The second-order valence-corrected chi connectivity index (χ2v) is 6.90. The molecule has 6 nitrogen and oxygen atoms in total. The lowest BCUT2D eigenvalue weighted by Gasteiger charge is -2.08. The van der Waals surface area contributed by atoms with Crippen molar-refractivity contribution >= 4 is 18.0 Å². The zero-order valence-electron chi connectivity index (χ0n) is 15.3. The van der Waals surface area contributed by atoms with E-state index < -0.39 is 0 Å². The second-order valence-electron chi connectivity index (χ2n) is 5.84. The van der Waals surface area contributed by atoms with Crippen LogP contribution in [0.5, 0.6) is 11.5 Å². The quantitative estimate of drug-likeness (QED) is 0.321. The molecule has 0 aliphatic rings. The molecule has 0 bridgehead atoms. The normalized spacial score (nSPS) is 10.6. The average Bonchev–Trinajstić information content (AvgIpc) is 3.05.